The Hall–Kier alpha value is -1.70. The third-order valence-corrected chi connectivity index (χ3v) is 2.64. The van der Waals surface area contributed by atoms with Gasteiger partial charge in [-0.2, -0.15) is 0 Å². The maximum atomic E-state index is 10.9. The van der Waals surface area contributed by atoms with Gasteiger partial charge in [0, 0.05) is 17.0 Å². The highest BCUT2D eigenvalue weighted by Crippen LogP contribution is 2.23. The molecule has 2 nitrogen and oxygen atoms in total. The molecule has 0 saturated heterocycles. The predicted octanol–water partition coefficient (Wildman–Crippen LogP) is 2.71. The van der Waals surface area contributed by atoms with Gasteiger partial charge >= 0.3 is 0 Å². The lowest BCUT2D eigenvalue weighted by Crippen LogP contribution is -2.18. The van der Waals surface area contributed by atoms with E-state index in [1.807, 2.05) is 44.2 Å². The van der Waals surface area contributed by atoms with Crippen LogP contribution in [0.1, 0.15) is 19.4 Å². The van der Waals surface area contributed by atoms with Crippen molar-refractivity contribution in [3.63, 3.8) is 0 Å². The molecule has 1 aromatic heterocycles. The molecule has 15 heavy (non-hydrogen) atoms. The summed E-state index contributed by atoms with van der Waals surface area (Å²) in [6.45, 7) is 3.81. The second kappa shape index (κ2) is 3.46. The van der Waals surface area contributed by atoms with Crippen LogP contribution >= 0.6 is 0 Å². The minimum absolute atomic E-state index is 0.439. The molecular weight excluding hydrogens is 186 g/mol. The Labute approximate surface area is 89.0 Å². The maximum Gasteiger partial charge on any atom is 0.129 e. The largest absolute Gasteiger partial charge is 0.302 e. The van der Waals surface area contributed by atoms with E-state index in [0.29, 0.717) is 0 Å². The number of hydrogen-bond acceptors (Lipinski definition) is 2. The summed E-state index contributed by atoms with van der Waals surface area (Å²) >= 11 is 0. The molecule has 0 N–H and O–H groups in total. The van der Waals surface area contributed by atoms with Gasteiger partial charge in [0.2, 0.25) is 0 Å². The number of pyridine rings is 1. The fourth-order valence-corrected chi connectivity index (χ4v) is 1.54. The average molecular weight is 199 g/mol. The molecule has 0 atom stereocenters. The van der Waals surface area contributed by atoms with Gasteiger partial charge < -0.3 is 4.79 Å². The van der Waals surface area contributed by atoms with E-state index in [-0.39, 0.29) is 0 Å². The standard InChI is InChI=1S/C13H13NO/c1-13(2,9-15)11-6-5-10-4-3-7-14-12(10)8-11/h3-9H,1-2H3. The zero-order valence-corrected chi connectivity index (χ0v) is 8.90. The minimum Gasteiger partial charge on any atom is -0.302 e. The maximum absolute atomic E-state index is 10.9. The van der Waals surface area contributed by atoms with Crippen molar-refractivity contribution < 1.29 is 4.79 Å². The van der Waals surface area contributed by atoms with Crippen LogP contribution in [0.5, 0.6) is 0 Å². The fourth-order valence-electron chi connectivity index (χ4n) is 1.54. The summed E-state index contributed by atoms with van der Waals surface area (Å²) in [5, 5.41) is 1.10. The van der Waals surface area contributed by atoms with Crippen molar-refractivity contribution in [2.45, 2.75) is 19.3 Å². The zero-order chi connectivity index (χ0) is 10.9. The molecule has 0 fully saturated rings. The molecule has 0 bridgehead atoms. The van der Waals surface area contributed by atoms with Gasteiger partial charge in [-0.25, -0.2) is 0 Å². The van der Waals surface area contributed by atoms with Crippen molar-refractivity contribution in [1.82, 2.24) is 4.98 Å². The number of carbonyl (C=O) groups is 1. The fraction of sp³-hybridized carbons (Fsp3) is 0.231. The molecule has 0 unspecified atom stereocenters. The lowest BCUT2D eigenvalue weighted by Gasteiger charge is -2.17. The molecule has 0 aliphatic heterocycles. The summed E-state index contributed by atoms with van der Waals surface area (Å²) in [7, 11) is 0. The lowest BCUT2D eigenvalue weighted by molar-refractivity contribution is -0.111. The summed E-state index contributed by atoms with van der Waals surface area (Å²) in [4.78, 5) is 15.2. The van der Waals surface area contributed by atoms with E-state index in [1.54, 1.807) is 6.20 Å². The van der Waals surface area contributed by atoms with E-state index in [1.165, 1.54) is 0 Å². The first kappa shape index (κ1) is 9.84. The molecular formula is C13H13NO. The molecule has 0 aliphatic carbocycles. The highest BCUT2D eigenvalue weighted by Gasteiger charge is 2.19. The second-order valence-corrected chi connectivity index (χ2v) is 4.25. The third-order valence-electron chi connectivity index (χ3n) is 2.64. The van der Waals surface area contributed by atoms with Gasteiger partial charge in [0.25, 0.3) is 0 Å². The smallest absolute Gasteiger partial charge is 0.129 e. The van der Waals surface area contributed by atoms with Gasteiger partial charge in [0.05, 0.1) is 5.52 Å². The molecule has 2 rings (SSSR count). The Kier molecular flexibility index (Phi) is 2.27. The molecule has 2 aromatic rings. The quantitative estimate of drug-likeness (QED) is 0.696. The first-order valence-corrected chi connectivity index (χ1v) is 4.95. The summed E-state index contributed by atoms with van der Waals surface area (Å²) in [6.07, 6.45) is 2.73. The van der Waals surface area contributed by atoms with Crippen LogP contribution in [0, 0.1) is 0 Å². The van der Waals surface area contributed by atoms with Crippen LogP contribution in [0.15, 0.2) is 36.5 Å². The zero-order valence-electron chi connectivity index (χ0n) is 8.90. The van der Waals surface area contributed by atoms with Crippen molar-refractivity contribution in [3.8, 4) is 0 Å². The number of nitrogens with zero attached hydrogens (tertiary/aromatic N) is 1. The second-order valence-electron chi connectivity index (χ2n) is 4.25. The first-order chi connectivity index (χ1) is 7.13. The number of carbonyl (C=O) groups excluding carboxylic acids is 1. The van der Waals surface area contributed by atoms with E-state index in [4.69, 9.17) is 0 Å². The number of aromatic nitrogens is 1. The lowest BCUT2D eigenvalue weighted by atomic mass is 9.86. The van der Waals surface area contributed by atoms with Crippen molar-refractivity contribution in [2.24, 2.45) is 0 Å². The average Bonchev–Trinajstić information content (AvgIpc) is 2.28. The van der Waals surface area contributed by atoms with E-state index in [9.17, 15) is 4.79 Å². The Balaban J connectivity index is 2.61. The van der Waals surface area contributed by atoms with E-state index < -0.39 is 5.41 Å². The number of rotatable bonds is 2. The van der Waals surface area contributed by atoms with Crippen LogP contribution in [0.25, 0.3) is 10.9 Å². The first-order valence-electron chi connectivity index (χ1n) is 4.95. The highest BCUT2D eigenvalue weighted by molar-refractivity contribution is 5.81. The Morgan fingerprint density at radius 1 is 1.27 bits per heavy atom. The molecule has 0 saturated carbocycles. The van der Waals surface area contributed by atoms with Gasteiger partial charge in [-0.1, -0.05) is 18.2 Å². The predicted molar refractivity (Wildman–Crippen MR) is 60.8 cm³/mol. The van der Waals surface area contributed by atoms with Crippen molar-refractivity contribution in [2.75, 3.05) is 0 Å². The molecule has 2 heteroatoms. The number of benzene rings is 1. The summed E-state index contributed by atoms with van der Waals surface area (Å²) in [5.74, 6) is 0. The monoisotopic (exact) mass is 199 g/mol. The highest BCUT2D eigenvalue weighted by atomic mass is 16.1. The SMILES string of the molecule is CC(C)(C=O)c1ccc2cccnc2c1. The molecule has 0 radical (unpaired) electrons. The molecule has 1 heterocycles. The van der Waals surface area contributed by atoms with Gasteiger partial charge in [0.15, 0.2) is 0 Å². The Bertz CT molecular complexity index is 503. The van der Waals surface area contributed by atoms with Crippen LogP contribution in [0.3, 0.4) is 0 Å². The van der Waals surface area contributed by atoms with Crippen LogP contribution in [0.4, 0.5) is 0 Å². The van der Waals surface area contributed by atoms with Crippen LogP contribution in [-0.2, 0) is 10.2 Å². The molecule has 0 spiro atoms. The molecule has 1 aromatic carbocycles. The van der Waals surface area contributed by atoms with Gasteiger partial charge in [0.1, 0.15) is 6.29 Å². The number of fused-ring (bicyclic) bond motifs is 1. The minimum atomic E-state index is -0.439. The molecule has 0 amide bonds. The number of aldehydes is 1. The van der Waals surface area contributed by atoms with E-state index in [0.717, 1.165) is 22.8 Å². The van der Waals surface area contributed by atoms with Crippen LogP contribution in [-0.4, -0.2) is 11.3 Å². The van der Waals surface area contributed by atoms with Gasteiger partial charge in [-0.3, -0.25) is 4.98 Å². The Morgan fingerprint density at radius 3 is 2.80 bits per heavy atom. The van der Waals surface area contributed by atoms with Crippen molar-refractivity contribution in [1.29, 1.82) is 0 Å². The topological polar surface area (TPSA) is 30.0 Å². The summed E-state index contributed by atoms with van der Waals surface area (Å²) < 4.78 is 0. The van der Waals surface area contributed by atoms with E-state index >= 15 is 0 Å². The Morgan fingerprint density at radius 2 is 2.07 bits per heavy atom. The van der Waals surface area contributed by atoms with Gasteiger partial charge in [-0.05, 0) is 31.5 Å². The van der Waals surface area contributed by atoms with E-state index in [2.05, 4.69) is 4.98 Å². The third kappa shape index (κ3) is 1.75. The molecule has 76 valence electrons. The van der Waals surface area contributed by atoms with Crippen LogP contribution in [0.2, 0.25) is 0 Å². The van der Waals surface area contributed by atoms with Crippen molar-refractivity contribution in [3.05, 3.63) is 42.1 Å². The summed E-state index contributed by atoms with van der Waals surface area (Å²) in [6, 6.07) is 9.89. The summed E-state index contributed by atoms with van der Waals surface area (Å²) in [5.41, 5.74) is 1.50. The number of hydrogen-bond donors (Lipinski definition) is 0. The van der Waals surface area contributed by atoms with Crippen LogP contribution < -0.4 is 0 Å². The normalized spacial score (nSPS) is 11.6. The van der Waals surface area contributed by atoms with Crippen molar-refractivity contribution >= 4 is 17.2 Å². The molecule has 0 aliphatic rings. The van der Waals surface area contributed by atoms with Gasteiger partial charge in [-0.15, -0.1) is 0 Å².